The molecule has 19 heavy (non-hydrogen) atoms. The second-order valence-corrected chi connectivity index (χ2v) is 4.66. The number of nitrogens with one attached hydrogen (secondary N) is 1. The van der Waals surface area contributed by atoms with E-state index < -0.39 is 0 Å². The van der Waals surface area contributed by atoms with Crippen molar-refractivity contribution < 1.29 is 9.26 Å². The normalized spacial score (nSPS) is 19.6. The van der Waals surface area contributed by atoms with E-state index in [-0.39, 0.29) is 6.10 Å². The Morgan fingerprint density at radius 3 is 2.68 bits per heavy atom. The molecule has 1 unspecified atom stereocenters. The van der Waals surface area contributed by atoms with Gasteiger partial charge in [0.2, 0.25) is 5.82 Å². The Bertz CT molecular complexity index is 556. The first kappa shape index (κ1) is 12.3. The highest BCUT2D eigenvalue weighted by atomic mass is 16.5. The smallest absolute Gasteiger partial charge is 0.257 e. The predicted octanol–water partition coefficient (Wildman–Crippen LogP) is 1.41. The van der Waals surface area contributed by atoms with Gasteiger partial charge in [-0.15, -0.1) is 0 Å². The standard InChI is InChI=1S/C13H16N4O2/c1-8-5-10(6-9(2)15-8)12-16-13(19-17-12)11-7-14-3-4-18-11/h5-6,11,14H,3-4,7H2,1-2H3. The number of morpholine rings is 1. The molecule has 1 aliphatic rings. The van der Waals surface area contributed by atoms with Gasteiger partial charge >= 0.3 is 0 Å². The molecule has 1 aliphatic heterocycles. The Morgan fingerprint density at radius 2 is 2.00 bits per heavy atom. The molecule has 0 radical (unpaired) electrons. The number of hydrogen-bond donors (Lipinski definition) is 1. The topological polar surface area (TPSA) is 73.1 Å². The maximum Gasteiger partial charge on any atom is 0.257 e. The van der Waals surface area contributed by atoms with Crippen LogP contribution < -0.4 is 5.32 Å². The summed E-state index contributed by atoms with van der Waals surface area (Å²) < 4.78 is 10.9. The zero-order valence-corrected chi connectivity index (χ0v) is 11.0. The summed E-state index contributed by atoms with van der Waals surface area (Å²) in [5.74, 6) is 1.10. The first-order valence-corrected chi connectivity index (χ1v) is 6.34. The van der Waals surface area contributed by atoms with Crippen molar-refractivity contribution in [3.8, 4) is 11.4 Å². The van der Waals surface area contributed by atoms with Gasteiger partial charge in [0.05, 0.1) is 6.61 Å². The van der Waals surface area contributed by atoms with E-state index in [1.165, 1.54) is 0 Å². The summed E-state index contributed by atoms with van der Waals surface area (Å²) in [5, 5.41) is 7.26. The van der Waals surface area contributed by atoms with Gasteiger partial charge in [0.15, 0.2) is 0 Å². The van der Waals surface area contributed by atoms with Crippen LogP contribution in [-0.4, -0.2) is 34.8 Å². The van der Waals surface area contributed by atoms with E-state index in [4.69, 9.17) is 9.26 Å². The van der Waals surface area contributed by atoms with Crippen molar-refractivity contribution in [2.24, 2.45) is 0 Å². The number of hydrogen-bond acceptors (Lipinski definition) is 6. The molecule has 0 spiro atoms. The maximum absolute atomic E-state index is 5.59. The summed E-state index contributed by atoms with van der Waals surface area (Å²) in [6.07, 6.45) is -0.154. The van der Waals surface area contributed by atoms with E-state index in [9.17, 15) is 0 Å². The molecule has 2 aromatic rings. The van der Waals surface area contributed by atoms with E-state index in [2.05, 4.69) is 20.4 Å². The second-order valence-electron chi connectivity index (χ2n) is 4.66. The molecule has 0 aliphatic carbocycles. The number of aryl methyl sites for hydroxylation is 2. The van der Waals surface area contributed by atoms with E-state index in [1.807, 2.05) is 26.0 Å². The van der Waals surface area contributed by atoms with Crippen LogP contribution in [0.3, 0.4) is 0 Å². The third-order valence-electron chi connectivity index (χ3n) is 2.98. The van der Waals surface area contributed by atoms with Crippen molar-refractivity contribution in [2.75, 3.05) is 19.7 Å². The van der Waals surface area contributed by atoms with E-state index in [1.54, 1.807) is 0 Å². The highest BCUT2D eigenvalue weighted by Crippen LogP contribution is 2.22. The molecule has 1 N–H and O–H groups in total. The lowest BCUT2D eigenvalue weighted by Crippen LogP contribution is -2.33. The predicted molar refractivity (Wildman–Crippen MR) is 68.6 cm³/mol. The Labute approximate surface area is 111 Å². The SMILES string of the molecule is Cc1cc(-c2noc(C3CNCCO3)n2)cc(C)n1. The van der Waals surface area contributed by atoms with Gasteiger partial charge in [-0.3, -0.25) is 4.98 Å². The lowest BCUT2D eigenvalue weighted by molar-refractivity contribution is 0.00755. The fourth-order valence-corrected chi connectivity index (χ4v) is 2.17. The molecule has 0 bridgehead atoms. The minimum Gasteiger partial charge on any atom is -0.366 e. The zero-order valence-electron chi connectivity index (χ0n) is 11.0. The Morgan fingerprint density at radius 1 is 1.21 bits per heavy atom. The first-order valence-electron chi connectivity index (χ1n) is 6.34. The van der Waals surface area contributed by atoms with Gasteiger partial charge in [0.1, 0.15) is 6.10 Å². The molecule has 0 saturated carbocycles. The Kier molecular flexibility index (Phi) is 3.27. The van der Waals surface area contributed by atoms with Crippen LogP contribution in [0.2, 0.25) is 0 Å². The molecule has 3 rings (SSSR count). The van der Waals surface area contributed by atoms with Crippen LogP contribution in [0.4, 0.5) is 0 Å². The van der Waals surface area contributed by atoms with Crippen molar-refractivity contribution in [3.63, 3.8) is 0 Å². The Hall–Kier alpha value is -1.79. The van der Waals surface area contributed by atoms with Crippen LogP contribution in [0.5, 0.6) is 0 Å². The quantitative estimate of drug-likeness (QED) is 0.880. The molecule has 0 amide bonds. The van der Waals surface area contributed by atoms with Crippen molar-refractivity contribution >= 4 is 0 Å². The first-order chi connectivity index (χ1) is 9.22. The van der Waals surface area contributed by atoms with Crippen molar-refractivity contribution in [1.82, 2.24) is 20.4 Å². The van der Waals surface area contributed by atoms with Crippen molar-refractivity contribution in [2.45, 2.75) is 20.0 Å². The largest absolute Gasteiger partial charge is 0.366 e. The van der Waals surface area contributed by atoms with Crippen molar-refractivity contribution in [3.05, 3.63) is 29.4 Å². The number of nitrogens with zero attached hydrogens (tertiary/aromatic N) is 3. The van der Waals surface area contributed by atoms with Gasteiger partial charge < -0.3 is 14.6 Å². The summed E-state index contributed by atoms with van der Waals surface area (Å²) >= 11 is 0. The van der Waals surface area contributed by atoms with Gasteiger partial charge in [0.25, 0.3) is 5.89 Å². The van der Waals surface area contributed by atoms with Crippen LogP contribution >= 0.6 is 0 Å². The maximum atomic E-state index is 5.59. The minimum atomic E-state index is -0.154. The zero-order chi connectivity index (χ0) is 13.2. The lowest BCUT2D eigenvalue weighted by Gasteiger charge is -2.19. The molecular weight excluding hydrogens is 244 g/mol. The fourth-order valence-electron chi connectivity index (χ4n) is 2.17. The van der Waals surface area contributed by atoms with Gasteiger partial charge in [0, 0.05) is 30.0 Å². The van der Waals surface area contributed by atoms with Crippen molar-refractivity contribution in [1.29, 1.82) is 0 Å². The van der Waals surface area contributed by atoms with E-state index in [0.29, 0.717) is 24.9 Å². The van der Waals surface area contributed by atoms with Gasteiger partial charge in [-0.2, -0.15) is 4.98 Å². The van der Waals surface area contributed by atoms with E-state index in [0.717, 1.165) is 23.5 Å². The summed E-state index contributed by atoms with van der Waals surface area (Å²) in [4.78, 5) is 8.75. The average molecular weight is 260 g/mol. The van der Waals surface area contributed by atoms with Crippen LogP contribution in [0.15, 0.2) is 16.7 Å². The molecule has 6 nitrogen and oxygen atoms in total. The van der Waals surface area contributed by atoms with Gasteiger partial charge in [-0.1, -0.05) is 5.16 Å². The second kappa shape index (κ2) is 5.07. The molecule has 2 aromatic heterocycles. The monoisotopic (exact) mass is 260 g/mol. The molecule has 3 heterocycles. The van der Waals surface area contributed by atoms with Gasteiger partial charge in [-0.25, -0.2) is 0 Å². The third kappa shape index (κ3) is 2.64. The molecule has 6 heteroatoms. The Balaban J connectivity index is 1.87. The van der Waals surface area contributed by atoms with Gasteiger partial charge in [-0.05, 0) is 26.0 Å². The van der Waals surface area contributed by atoms with E-state index >= 15 is 0 Å². The number of ether oxygens (including phenoxy) is 1. The average Bonchev–Trinajstić information content (AvgIpc) is 2.88. The number of pyridine rings is 1. The molecular formula is C13H16N4O2. The number of aromatic nitrogens is 3. The molecule has 1 saturated heterocycles. The minimum absolute atomic E-state index is 0.154. The summed E-state index contributed by atoms with van der Waals surface area (Å²) in [7, 11) is 0. The number of rotatable bonds is 2. The highest BCUT2D eigenvalue weighted by molar-refractivity contribution is 5.55. The highest BCUT2D eigenvalue weighted by Gasteiger charge is 2.22. The summed E-state index contributed by atoms with van der Waals surface area (Å²) in [5.41, 5.74) is 2.80. The van der Waals surface area contributed by atoms with Crippen LogP contribution in [-0.2, 0) is 4.74 Å². The lowest BCUT2D eigenvalue weighted by atomic mass is 10.2. The fraction of sp³-hybridized carbons (Fsp3) is 0.462. The summed E-state index contributed by atoms with van der Waals surface area (Å²) in [6.45, 7) is 6.13. The molecule has 1 atom stereocenters. The molecule has 0 aromatic carbocycles. The molecule has 100 valence electrons. The molecule has 1 fully saturated rings. The van der Waals surface area contributed by atoms with Crippen LogP contribution in [0.1, 0.15) is 23.4 Å². The van der Waals surface area contributed by atoms with Crippen LogP contribution in [0, 0.1) is 13.8 Å². The summed E-state index contributed by atoms with van der Waals surface area (Å²) in [6, 6.07) is 3.89. The van der Waals surface area contributed by atoms with Crippen LogP contribution in [0.25, 0.3) is 11.4 Å². The third-order valence-corrected chi connectivity index (χ3v) is 2.98.